The summed E-state index contributed by atoms with van der Waals surface area (Å²) >= 11 is 1.23. The zero-order valence-electron chi connectivity index (χ0n) is 21.3. The molecule has 2 amide bonds. The first-order chi connectivity index (χ1) is 19.3. The van der Waals surface area contributed by atoms with Crippen LogP contribution in [0, 0.1) is 0 Å². The Morgan fingerprint density at radius 1 is 1.15 bits per heavy atom. The smallest absolute Gasteiger partial charge is 0.422 e. The Morgan fingerprint density at radius 3 is 2.51 bits per heavy atom. The molecule has 2 N–H and O–H groups in total. The summed E-state index contributed by atoms with van der Waals surface area (Å²) in [5.74, 6) is -0.751. The summed E-state index contributed by atoms with van der Waals surface area (Å²) in [5, 5.41) is 9.79. The van der Waals surface area contributed by atoms with Crippen molar-refractivity contribution in [3.8, 4) is 17.3 Å². The lowest BCUT2D eigenvalue weighted by molar-refractivity contribution is -0.153. The van der Waals surface area contributed by atoms with Crippen LogP contribution in [0.15, 0.2) is 42.6 Å². The van der Waals surface area contributed by atoms with Crippen LogP contribution in [0.5, 0.6) is 11.5 Å². The van der Waals surface area contributed by atoms with Crippen molar-refractivity contribution in [2.24, 2.45) is 0 Å². The van der Waals surface area contributed by atoms with Crippen molar-refractivity contribution in [1.29, 1.82) is 0 Å². The number of nitrogens with one attached hydrogen (secondary N) is 2. The molecule has 0 saturated heterocycles. The molecule has 0 spiro atoms. The maximum absolute atomic E-state index is 13.1. The second kappa shape index (κ2) is 12.3. The van der Waals surface area contributed by atoms with Gasteiger partial charge >= 0.3 is 12.4 Å². The number of aromatic nitrogens is 3. The number of hydrogen-bond acceptors (Lipinski definition) is 7. The topological polar surface area (TPSA) is 107 Å². The number of alkyl halides is 6. The number of thioether (sulfide) groups is 1. The van der Waals surface area contributed by atoms with Crippen LogP contribution in [0.4, 0.5) is 32.2 Å². The molecule has 3 aromatic rings. The van der Waals surface area contributed by atoms with Gasteiger partial charge in [-0.15, -0.1) is 0 Å². The second-order valence-electron chi connectivity index (χ2n) is 8.86. The van der Waals surface area contributed by atoms with Crippen LogP contribution < -0.4 is 20.1 Å². The summed E-state index contributed by atoms with van der Waals surface area (Å²) in [6, 6.07) is 7.13. The molecule has 1 aromatic carbocycles. The van der Waals surface area contributed by atoms with Gasteiger partial charge in [0.15, 0.2) is 18.2 Å². The van der Waals surface area contributed by atoms with Crippen molar-refractivity contribution < 1.29 is 45.4 Å². The van der Waals surface area contributed by atoms with Crippen LogP contribution in [0.25, 0.3) is 5.82 Å². The van der Waals surface area contributed by atoms with Crippen molar-refractivity contribution in [1.82, 2.24) is 20.1 Å². The molecule has 1 unspecified atom stereocenters. The number of ether oxygens (including phenoxy) is 2. The monoisotopic (exact) mass is 603 g/mol. The highest BCUT2D eigenvalue weighted by molar-refractivity contribution is 7.99. The number of pyridine rings is 1. The number of amides is 2. The first kappa shape index (κ1) is 30.0. The zero-order valence-corrected chi connectivity index (χ0v) is 22.1. The number of nitrogens with zero attached hydrogens (tertiary/aromatic N) is 3. The standard InChI is InChI=1S/C25H23F6N5O4S/c1-41-12-20(37)34-22-21-18(35-36(22)19-6-5-14(11-32-19)25(29,30)31)9-15(33-23(21)38)7-8-39-16-3-2-4-17(10-16)40-13-24(26,27)28/h2-6,10-11,15H,7-9,12-13H2,1H3,(H,33,38)(H,34,37). The van der Waals surface area contributed by atoms with E-state index in [0.29, 0.717) is 18.3 Å². The van der Waals surface area contributed by atoms with Gasteiger partial charge in [-0.1, -0.05) is 6.07 Å². The molecule has 4 rings (SSSR count). The van der Waals surface area contributed by atoms with E-state index in [4.69, 9.17) is 9.47 Å². The molecule has 3 heterocycles. The number of carbonyl (C=O) groups excluding carboxylic acids is 2. The van der Waals surface area contributed by atoms with Crippen molar-refractivity contribution in [2.45, 2.75) is 31.2 Å². The lowest BCUT2D eigenvalue weighted by atomic mass is 9.99. The molecule has 16 heteroatoms. The third-order valence-corrected chi connectivity index (χ3v) is 6.28. The molecule has 0 saturated carbocycles. The predicted molar refractivity (Wildman–Crippen MR) is 136 cm³/mol. The number of halogens is 6. The van der Waals surface area contributed by atoms with E-state index in [2.05, 4.69) is 20.7 Å². The highest BCUT2D eigenvalue weighted by Gasteiger charge is 2.34. The van der Waals surface area contributed by atoms with Crippen molar-refractivity contribution in [2.75, 3.05) is 30.5 Å². The van der Waals surface area contributed by atoms with Gasteiger partial charge < -0.3 is 20.1 Å². The maximum Gasteiger partial charge on any atom is 0.422 e. The summed E-state index contributed by atoms with van der Waals surface area (Å²) in [6.07, 6.45) is -6.25. The Kier molecular flexibility index (Phi) is 8.99. The lowest BCUT2D eigenvalue weighted by Gasteiger charge is -2.23. The van der Waals surface area contributed by atoms with E-state index in [0.717, 1.165) is 16.8 Å². The summed E-state index contributed by atoms with van der Waals surface area (Å²) in [7, 11) is 0. The fourth-order valence-corrected chi connectivity index (χ4v) is 4.29. The predicted octanol–water partition coefficient (Wildman–Crippen LogP) is 4.65. The fraction of sp³-hybridized carbons (Fsp3) is 0.360. The largest absolute Gasteiger partial charge is 0.493 e. The number of benzene rings is 1. The Labute approximate surface area is 233 Å². The number of hydrogen-bond donors (Lipinski definition) is 2. The average Bonchev–Trinajstić information content (AvgIpc) is 3.25. The van der Waals surface area contributed by atoms with Gasteiger partial charge in [0.25, 0.3) is 5.91 Å². The van der Waals surface area contributed by atoms with Crippen LogP contribution >= 0.6 is 11.8 Å². The third kappa shape index (κ3) is 7.83. The van der Waals surface area contributed by atoms with Gasteiger partial charge in [0.1, 0.15) is 17.1 Å². The SMILES string of the molecule is CSCC(=O)Nc1c2c(nn1-c1ccc(C(F)(F)F)cn1)CC(CCOc1cccc(OCC(F)(F)F)c1)NC2=O. The number of anilines is 1. The van der Waals surface area contributed by atoms with E-state index in [-0.39, 0.29) is 47.5 Å². The van der Waals surface area contributed by atoms with E-state index >= 15 is 0 Å². The van der Waals surface area contributed by atoms with E-state index < -0.39 is 42.4 Å². The maximum atomic E-state index is 13.1. The van der Waals surface area contributed by atoms with Crippen LogP contribution in [-0.2, 0) is 17.4 Å². The van der Waals surface area contributed by atoms with Crippen LogP contribution in [-0.4, -0.2) is 64.0 Å². The molecule has 0 radical (unpaired) electrons. The summed E-state index contributed by atoms with van der Waals surface area (Å²) in [6.45, 7) is -1.36. The minimum atomic E-state index is -4.60. The van der Waals surface area contributed by atoms with Crippen molar-refractivity contribution >= 4 is 29.4 Å². The Hall–Kier alpha value is -3.95. The van der Waals surface area contributed by atoms with Gasteiger partial charge in [0.2, 0.25) is 5.91 Å². The Bertz CT molecular complexity index is 1390. The number of fused-ring (bicyclic) bond motifs is 1. The molecular formula is C25H23F6N5O4S. The Morgan fingerprint density at radius 2 is 1.88 bits per heavy atom. The van der Waals surface area contributed by atoms with E-state index in [1.54, 1.807) is 12.3 Å². The van der Waals surface area contributed by atoms with E-state index in [1.165, 1.54) is 30.0 Å². The minimum absolute atomic E-state index is 0.0193. The number of rotatable bonds is 10. The molecule has 2 aromatic heterocycles. The van der Waals surface area contributed by atoms with Crippen LogP contribution in [0.3, 0.4) is 0 Å². The highest BCUT2D eigenvalue weighted by Crippen LogP contribution is 2.31. The van der Waals surface area contributed by atoms with Gasteiger partial charge in [-0.3, -0.25) is 9.59 Å². The minimum Gasteiger partial charge on any atom is -0.493 e. The molecule has 220 valence electrons. The summed E-state index contributed by atoms with van der Waals surface area (Å²) in [5.41, 5.74) is -0.614. The first-order valence-corrected chi connectivity index (χ1v) is 13.4. The number of carbonyl (C=O) groups is 2. The van der Waals surface area contributed by atoms with Gasteiger partial charge in [0, 0.05) is 31.1 Å². The molecule has 0 fully saturated rings. The van der Waals surface area contributed by atoms with Crippen molar-refractivity contribution in [3.05, 3.63) is 59.4 Å². The molecule has 1 atom stereocenters. The first-order valence-electron chi connectivity index (χ1n) is 12.0. The lowest BCUT2D eigenvalue weighted by Crippen LogP contribution is -2.42. The average molecular weight is 604 g/mol. The van der Waals surface area contributed by atoms with E-state index in [9.17, 15) is 35.9 Å². The fourth-order valence-electron chi connectivity index (χ4n) is 3.96. The molecule has 41 heavy (non-hydrogen) atoms. The highest BCUT2D eigenvalue weighted by atomic mass is 32.2. The van der Waals surface area contributed by atoms with E-state index in [1.807, 2.05) is 0 Å². The molecule has 9 nitrogen and oxygen atoms in total. The normalized spacial score (nSPS) is 15.2. The molecule has 1 aliphatic heterocycles. The van der Waals surface area contributed by atoms with Gasteiger partial charge in [0.05, 0.1) is 23.6 Å². The third-order valence-electron chi connectivity index (χ3n) is 5.73. The second-order valence-corrected chi connectivity index (χ2v) is 9.72. The van der Waals surface area contributed by atoms with Gasteiger partial charge in [-0.05, 0) is 30.5 Å². The summed E-state index contributed by atoms with van der Waals surface area (Å²) in [4.78, 5) is 29.3. The Balaban J connectivity index is 1.49. The van der Waals surface area contributed by atoms with Crippen LogP contribution in [0.1, 0.15) is 28.0 Å². The van der Waals surface area contributed by atoms with Crippen molar-refractivity contribution in [3.63, 3.8) is 0 Å². The molecule has 0 aliphatic carbocycles. The molecule has 0 bridgehead atoms. The zero-order chi connectivity index (χ0) is 29.8. The molecular weight excluding hydrogens is 580 g/mol. The molecule has 1 aliphatic rings. The summed E-state index contributed by atoms with van der Waals surface area (Å²) < 4.78 is 87.7. The van der Waals surface area contributed by atoms with Gasteiger partial charge in [-0.2, -0.15) is 47.9 Å². The quantitative estimate of drug-likeness (QED) is 0.325. The van der Waals surface area contributed by atoms with Crippen LogP contribution in [0.2, 0.25) is 0 Å². The van der Waals surface area contributed by atoms with Gasteiger partial charge in [-0.25, -0.2) is 4.98 Å².